The number of carbonyl (C=O) groups excluding carboxylic acids is 2. The van der Waals surface area contributed by atoms with Crippen molar-refractivity contribution in [2.45, 2.75) is 69.9 Å². The first kappa shape index (κ1) is 27.4. The largest absolute Gasteiger partial charge is 0.494 e. The van der Waals surface area contributed by atoms with E-state index in [4.69, 9.17) is 4.74 Å². The minimum Gasteiger partial charge on any atom is -0.494 e. The quantitative estimate of drug-likeness (QED) is 0.517. The Balaban J connectivity index is 0.00000187. The summed E-state index contributed by atoms with van der Waals surface area (Å²) in [7, 11) is 1.08. The number of hydrogen-bond acceptors (Lipinski definition) is 5. The van der Waals surface area contributed by atoms with E-state index in [0.717, 1.165) is 38.0 Å². The zero-order chi connectivity index (χ0) is 25.0. The number of methoxy groups -OCH3 is 1. The molecule has 1 aromatic rings. The molecule has 0 spiro atoms. The van der Waals surface area contributed by atoms with Crippen LogP contribution in [0.25, 0.3) is 0 Å². The van der Waals surface area contributed by atoms with Gasteiger partial charge in [-0.1, -0.05) is 13.8 Å². The van der Waals surface area contributed by atoms with Gasteiger partial charge in [0, 0.05) is 11.5 Å². The van der Waals surface area contributed by atoms with Gasteiger partial charge in [-0.15, -0.1) is 0 Å². The first-order chi connectivity index (χ1) is 15.5. The predicted octanol–water partition coefficient (Wildman–Crippen LogP) is 2.95. The van der Waals surface area contributed by atoms with Crippen LogP contribution < -0.4 is 20.5 Å². The fourth-order valence-corrected chi connectivity index (χ4v) is 6.39. The number of halogens is 1. The van der Waals surface area contributed by atoms with Gasteiger partial charge in [-0.2, -0.15) is 0 Å². The highest BCUT2D eigenvalue weighted by atomic mass is 32.2. The molecule has 0 aliphatic heterocycles. The average Bonchev–Trinajstić information content (AvgIpc) is 2.77. The molecule has 6 unspecified atom stereocenters. The third-order valence-electron chi connectivity index (χ3n) is 6.78. The lowest BCUT2D eigenvalue weighted by Crippen LogP contribution is -2.60. The Hall–Kier alpha value is -1.84. The Morgan fingerprint density at radius 3 is 2.55 bits per heavy atom. The molecule has 2 saturated carbocycles. The SMILES string of the molecule is CN.COc1ccc(S(=O)NC(C)(C)C(=O)NC2C(C)CC3CC2CC(C)(C=O)C3)cc1F. The van der Waals surface area contributed by atoms with Gasteiger partial charge in [0.15, 0.2) is 11.6 Å². The molecule has 0 radical (unpaired) electrons. The molecule has 9 heteroatoms. The minimum atomic E-state index is -1.78. The number of aldehydes is 1. The van der Waals surface area contributed by atoms with E-state index in [0.29, 0.717) is 11.8 Å². The van der Waals surface area contributed by atoms with Crippen LogP contribution in [0.1, 0.15) is 53.4 Å². The van der Waals surface area contributed by atoms with E-state index in [1.807, 2.05) is 6.92 Å². The van der Waals surface area contributed by atoms with Crippen LogP contribution in [0.4, 0.5) is 4.39 Å². The van der Waals surface area contributed by atoms with E-state index in [1.165, 1.54) is 26.3 Å². The number of carbonyl (C=O) groups is 2. The fraction of sp³-hybridized carbons (Fsp3) is 0.667. The zero-order valence-corrected chi connectivity index (χ0v) is 21.3. The highest BCUT2D eigenvalue weighted by Crippen LogP contribution is 2.49. The van der Waals surface area contributed by atoms with Crippen molar-refractivity contribution in [1.29, 1.82) is 0 Å². The molecule has 2 bridgehead atoms. The second-order valence-electron chi connectivity index (χ2n) is 10.0. The van der Waals surface area contributed by atoms with Crippen molar-refractivity contribution in [2.24, 2.45) is 28.9 Å². The molecule has 7 nitrogen and oxygen atoms in total. The molecule has 1 amide bonds. The second-order valence-corrected chi connectivity index (χ2v) is 11.3. The highest BCUT2D eigenvalue weighted by molar-refractivity contribution is 7.83. The maximum absolute atomic E-state index is 14.0. The topological polar surface area (TPSA) is 111 Å². The normalized spacial score (nSPS) is 29.8. The van der Waals surface area contributed by atoms with Crippen LogP contribution in [-0.4, -0.2) is 42.1 Å². The molecule has 2 fully saturated rings. The Morgan fingerprint density at radius 2 is 1.97 bits per heavy atom. The summed E-state index contributed by atoms with van der Waals surface area (Å²) in [6.45, 7) is 7.47. The summed E-state index contributed by atoms with van der Waals surface area (Å²) in [5.41, 5.74) is 3.03. The van der Waals surface area contributed by atoms with Crippen LogP contribution in [0.2, 0.25) is 0 Å². The molecular formula is C24H38FN3O4S. The lowest BCUT2D eigenvalue weighted by Gasteiger charge is -2.49. The monoisotopic (exact) mass is 483 g/mol. The van der Waals surface area contributed by atoms with Gasteiger partial charge in [-0.05, 0) is 82.5 Å². The molecule has 4 N–H and O–H groups in total. The van der Waals surface area contributed by atoms with E-state index in [-0.39, 0.29) is 33.9 Å². The highest BCUT2D eigenvalue weighted by Gasteiger charge is 2.47. The number of benzene rings is 1. The summed E-state index contributed by atoms with van der Waals surface area (Å²) in [6, 6.07) is 4.02. The lowest BCUT2D eigenvalue weighted by atomic mass is 9.58. The van der Waals surface area contributed by atoms with Crippen molar-refractivity contribution in [3.8, 4) is 5.75 Å². The van der Waals surface area contributed by atoms with Crippen LogP contribution in [0.15, 0.2) is 23.1 Å². The third kappa shape index (κ3) is 6.39. The van der Waals surface area contributed by atoms with E-state index in [2.05, 4.69) is 22.7 Å². The summed E-state index contributed by atoms with van der Waals surface area (Å²) in [6.07, 6.45) is 4.76. The van der Waals surface area contributed by atoms with Crippen molar-refractivity contribution in [1.82, 2.24) is 10.0 Å². The Bertz CT molecular complexity index is 879. The number of ether oxygens (including phenoxy) is 1. The van der Waals surface area contributed by atoms with Gasteiger partial charge in [-0.25, -0.2) is 13.3 Å². The third-order valence-corrected chi connectivity index (χ3v) is 8.16. The number of rotatable bonds is 7. The standard InChI is InChI=1S/C23H33FN2O4S.CH5N/c1-14-8-15-9-16(12-23(4,11-15)13-27)20(14)25-21(28)22(2,3)26-31(29)17-6-7-19(30-5)18(24)10-17;1-2/h6-7,10,13-16,20,26H,8-9,11-12H2,1-5H3,(H,25,28);2H2,1H3. The van der Waals surface area contributed by atoms with Gasteiger partial charge in [0.2, 0.25) is 5.91 Å². The summed E-state index contributed by atoms with van der Waals surface area (Å²) >= 11 is 0. The first-order valence-electron chi connectivity index (χ1n) is 11.4. The summed E-state index contributed by atoms with van der Waals surface area (Å²) in [5, 5.41) is 3.17. The second kappa shape index (κ2) is 11.1. The molecule has 186 valence electrons. The van der Waals surface area contributed by atoms with Crippen molar-refractivity contribution in [3.63, 3.8) is 0 Å². The van der Waals surface area contributed by atoms with Gasteiger partial charge in [0.25, 0.3) is 0 Å². The molecular weight excluding hydrogens is 445 g/mol. The summed E-state index contributed by atoms with van der Waals surface area (Å²) < 4.78 is 34.4. The van der Waals surface area contributed by atoms with Crippen LogP contribution in [-0.2, 0) is 20.6 Å². The lowest BCUT2D eigenvalue weighted by molar-refractivity contribution is -0.129. The van der Waals surface area contributed by atoms with Crippen LogP contribution in [0, 0.1) is 29.0 Å². The molecule has 0 saturated heterocycles. The Labute approximate surface area is 199 Å². The zero-order valence-electron chi connectivity index (χ0n) is 20.4. The predicted molar refractivity (Wildman–Crippen MR) is 127 cm³/mol. The first-order valence-corrected chi connectivity index (χ1v) is 12.5. The number of nitrogens with two attached hydrogens (primary N) is 1. The van der Waals surface area contributed by atoms with E-state index in [9.17, 15) is 18.2 Å². The maximum atomic E-state index is 14.0. The van der Waals surface area contributed by atoms with E-state index >= 15 is 0 Å². The smallest absolute Gasteiger partial charge is 0.240 e. The molecule has 33 heavy (non-hydrogen) atoms. The van der Waals surface area contributed by atoms with Gasteiger partial charge >= 0.3 is 0 Å². The van der Waals surface area contributed by atoms with Gasteiger partial charge < -0.3 is 20.6 Å². The van der Waals surface area contributed by atoms with Crippen molar-refractivity contribution < 1.29 is 22.9 Å². The molecule has 6 atom stereocenters. The summed E-state index contributed by atoms with van der Waals surface area (Å²) in [5.74, 6) is 0.263. The molecule has 0 heterocycles. The van der Waals surface area contributed by atoms with Gasteiger partial charge in [0.05, 0.1) is 12.0 Å². The average molecular weight is 484 g/mol. The number of nitrogens with one attached hydrogen (secondary N) is 2. The maximum Gasteiger partial charge on any atom is 0.240 e. The molecule has 1 aromatic carbocycles. The van der Waals surface area contributed by atoms with Gasteiger partial charge in [-0.3, -0.25) is 4.79 Å². The fourth-order valence-electron chi connectivity index (χ4n) is 5.31. The molecule has 3 rings (SSSR count). The van der Waals surface area contributed by atoms with E-state index < -0.39 is 22.3 Å². The number of amides is 1. The molecule has 2 aliphatic carbocycles. The molecule has 2 aliphatic rings. The number of fused-ring (bicyclic) bond motifs is 2. The van der Waals surface area contributed by atoms with Crippen molar-refractivity contribution >= 4 is 23.2 Å². The Kier molecular flexibility index (Phi) is 9.18. The van der Waals surface area contributed by atoms with Crippen LogP contribution >= 0.6 is 0 Å². The van der Waals surface area contributed by atoms with Crippen LogP contribution in [0.3, 0.4) is 0 Å². The minimum absolute atomic E-state index is 0.0312. The van der Waals surface area contributed by atoms with Crippen molar-refractivity contribution in [3.05, 3.63) is 24.0 Å². The summed E-state index contributed by atoms with van der Waals surface area (Å²) in [4.78, 5) is 25.0. The van der Waals surface area contributed by atoms with E-state index in [1.54, 1.807) is 13.8 Å². The Morgan fingerprint density at radius 1 is 1.30 bits per heavy atom. The molecule has 0 aromatic heterocycles. The number of hydrogen-bond donors (Lipinski definition) is 3. The van der Waals surface area contributed by atoms with Crippen LogP contribution in [0.5, 0.6) is 5.75 Å². The van der Waals surface area contributed by atoms with Crippen molar-refractivity contribution in [2.75, 3.05) is 14.2 Å². The van der Waals surface area contributed by atoms with Gasteiger partial charge in [0.1, 0.15) is 22.8 Å².